The fourth-order valence-corrected chi connectivity index (χ4v) is 2.43. The topological polar surface area (TPSA) is 63.1 Å². The van der Waals surface area contributed by atoms with Crippen LogP contribution in [0.25, 0.3) is 0 Å². The maximum Gasteiger partial charge on any atom is 0.355 e. The molecule has 1 N–H and O–H groups in total. The number of carboxylic acids is 1. The monoisotopic (exact) mass is 324 g/mol. The molecule has 0 unspecified atom stereocenters. The van der Waals surface area contributed by atoms with Crippen molar-refractivity contribution in [2.45, 2.75) is 10.6 Å². The van der Waals surface area contributed by atoms with Crippen LogP contribution in [-0.4, -0.2) is 21.0 Å². The van der Waals surface area contributed by atoms with Crippen LogP contribution in [0.2, 0.25) is 0 Å². The summed E-state index contributed by atoms with van der Waals surface area (Å²) in [5.74, 6) is -0.0166. The van der Waals surface area contributed by atoms with Gasteiger partial charge in [0.05, 0.1) is 10.2 Å². The maximum atomic E-state index is 10.9. The molecule has 6 heteroatoms. The number of thioether (sulfide) groups is 1. The van der Waals surface area contributed by atoms with Crippen LogP contribution < -0.4 is 0 Å². The lowest BCUT2D eigenvalue weighted by Gasteiger charge is -2.03. The largest absolute Gasteiger partial charge is 0.476 e. The Morgan fingerprint density at radius 2 is 2.06 bits per heavy atom. The highest BCUT2D eigenvalue weighted by Gasteiger charge is 2.12. The summed E-state index contributed by atoms with van der Waals surface area (Å²) in [7, 11) is 0. The Kier molecular flexibility index (Phi) is 4.33. The molecule has 1 aromatic carbocycles. The third kappa shape index (κ3) is 3.30. The molecule has 0 saturated carbocycles. The second-order valence-electron chi connectivity index (χ2n) is 3.39. The molecule has 0 saturated heterocycles. The van der Waals surface area contributed by atoms with Gasteiger partial charge >= 0.3 is 5.97 Å². The lowest BCUT2D eigenvalue weighted by Crippen LogP contribution is -2.05. The molecule has 4 nitrogen and oxygen atoms in total. The lowest BCUT2D eigenvalue weighted by atomic mass is 10.4. The first kappa shape index (κ1) is 13.0. The fraction of sp³-hybridized carbons (Fsp3) is 0.0833. The maximum absolute atomic E-state index is 10.9. The van der Waals surface area contributed by atoms with E-state index in [1.54, 1.807) is 11.8 Å². The number of hydrogen-bond donors (Lipinski definition) is 1. The number of carboxylic acid groups (broad SMARTS) is 1. The van der Waals surface area contributed by atoms with Gasteiger partial charge in [-0.2, -0.15) is 0 Å². The van der Waals surface area contributed by atoms with Crippen molar-refractivity contribution in [2.24, 2.45) is 0 Å². The van der Waals surface area contributed by atoms with Gasteiger partial charge in [0.15, 0.2) is 5.69 Å². The summed E-state index contributed by atoms with van der Waals surface area (Å²) in [5.41, 5.74) is -0.00587. The molecule has 2 rings (SSSR count). The number of carbonyl (C=O) groups is 1. The van der Waals surface area contributed by atoms with Crippen molar-refractivity contribution in [2.75, 3.05) is 0 Å². The number of benzene rings is 1. The SMILES string of the molecule is O=C(O)c1nc(CSc2ccccc2)ncc1Br. The van der Waals surface area contributed by atoms with Crippen molar-refractivity contribution in [3.05, 3.63) is 52.5 Å². The van der Waals surface area contributed by atoms with Crippen molar-refractivity contribution >= 4 is 33.7 Å². The van der Waals surface area contributed by atoms with E-state index in [1.165, 1.54) is 6.20 Å². The van der Waals surface area contributed by atoms with Crippen molar-refractivity contribution in [3.8, 4) is 0 Å². The average molecular weight is 325 g/mol. The highest BCUT2D eigenvalue weighted by molar-refractivity contribution is 9.10. The number of nitrogens with zero attached hydrogens (tertiary/aromatic N) is 2. The Bertz CT molecular complexity index is 563. The van der Waals surface area contributed by atoms with Crippen LogP contribution in [0.5, 0.6) is 0 Å². The van der Waals surface area contributed by atoms with Gasteiger partial charge in [-0.25, -0.2) is 14.8 Å². The highest BCUT2D eigenvalue weighted by Crippen LogP contribution is 2.21. The fourth-order valence-electron chi connectivity index (χ4n) is 1.29. The van der Waals surface area contributed by atoms with Crippen LogP contribution in [0, 0.1) is 0 Å². The predicted molar refractivity (Wildman–Crippen MR) is 72.7 cm³/mol. The molecule has 0 bridgehead atoms. The number of rotatable bonds is 4. The normalized spacial score (nSPS) is 10.3. The van der Waals surface area contributed by atoms with Crippen molar-refractivity contribution in [1.29, 1.82) is 0 Å². The van der Waals surface area contributed by atoms with Gasteiger partial charge in [0.2, 0.25) is 0 Å². The van der Waals surface area contributed by atoms with Gasteiger partial charge in [0.1, 0.15) is 5.82 Å². The number of halogens is 1. The van der Waals surface area contributed by atoms with E-state index in [0.29, 0.717) is 16.0 Å². The minimum atomic E-state index is -1.06. The van der Waals surface area contributed by atoms with E-state index >= 15 is 0 Å². The predicted octanol–water partition coefficient (Wildman–Crippen LogP) is 3.23. The summed E-state index contributed by atoms with van der Waals surface area (Å²) in [6.07, 6.45) is 1.47. The third-order valence-corrected chi connectivity index (χ3v) is 3.70. The van der Waals surface area contributed by atoms with E-state index in [9.17, 15) is 4.79 Å². The van der Waals surface area contributed by atoms with Gasteiger partial charge in [-0.3, -0.25) is 0 Å². The first-order chi connectivity index (χ1) is 8.66. The molecule has 2 aromatic rings. The van der Waals surface area contributed by atoms with Crippen molar-refractivity contribution in [1.82, 2.24) is 9.97 Å². The highest BCUT2D eigenvalue weighted by atomic mass is 79.9. The van der Waals surface area contributed by atoms with E-state index in [-0.39, 0.29) is 5.69 Å². The smallest absolute Gasteiger partial charge is 0.355 e. The Balaban J connectivity index is 2.11. The minimum Gasteiger partial charge on any atom is -0.476 e. The zero-order valence-corrected chi connectivity index (χ0v) is 11.6. The van der Waals surface area contributed by atoms with Crippen molar-refractivity contribution in [3.63, 3.8) is 0 Å². The van der Waals surface area contributed by atoms with E-state index in [2.05, 4.69) is 25.9 Å². The van der Waals surface area contributed by atoms with Gasteiger partial charge in [0.25, 0.3) is 0 Å². The lowest BCUT2D eigenvalue weighted by molar-refractivity contribution is 0.0689. The van der Waals surface area contributed by atoms with Crippen LogP contribution in [-0.2, 0) is 5.75 Å². The number of aromatic carboxylic acids is 1. The number of aromatic nitrogens is 2. The van der Waals surface area contributed by atoms with E-state index in [0.717, 1.165) is 4.90 Å². The zero-order chi connectivity index (χ0) is 13.0. The van der Waals surface area contributed by atoms with Gasteiger partial charge in [-0.15, -0.1) is 11.8 Å². The molecule has 92 valence electrons. The molecule has 0 atom stereocenters. The molecule has 0 amide bonds. The molecule has 0 aliphatic rings. The molecule has 1 heterocycles. The van der Waals surface area contributed by atoms with Crippen LogP contribution in [0.3, 0.4) is 0 Å². The average Bonchev–Trinajstić information content (AvgIpc) is 2.38. The van der Waals surface area contributed by atoms with Crippen LogP contribution in [0.15, 0.2) is 45.9 Å². The second kappa shape index (κ2) is 5.97. The molecule has 0 spiro atoms. The van der Waals surface area contributed by atoms with Crippen LogP contribution >= 0.6 is 27.7 Å². The van der Waals surface area contributed by atoms with Crippen LogP contribution in [0.1, 0.15) is 16.3 Å². The van der Waals surface area contributed by atoms with Gasteiger partial charge in [-0.1, -0.05) is 18.2 Å². The molecule has 0 fully saturated rings. The summed E-state index contributed by atoms with van der Waals surface area (Å²) in [6.45, 7) is 0. The Morgan fingerprint density at radius 1 is 1.33 bits per heavy atom. The van der Waals surface area contributed by atoms with Gasteiger partial charge in [-0.05, 0) is 28.1 Å². The summed E-state index contributed by atoms with van der Waals surface area (Å²) in [5, 5.41) is 8.95. The summed E-state index contributed by atoms with van der Waals surface area (Å²) < 4.78 is 0.392. The first-order valence-electron chi connectivity index (χ1n) is 5.09. The molecule has 0 aliphatic heterocycles. The molecular weight excluding hydrogens is 316 g/mol. The number of hydrogen-bond acceptors (Lipinski definition) is 4. The van der Waals surface area contributed by atoms with Gasteiger partial charge in [0, 0.05) is 11.1 Å². The third-order valence-electron chi connectivity index (χ3n) is 2.11. The van der Waals surface area contributed by atoms with Crippen molar-refractivity contribution < 1.29 is 9.90 Å². The first-order valence-corrected chi connectivity index (χ1v) is 6.87. The summed E-state index contributed by atoms with van der Waals surface area (Å²) in [6, 6.07) is 9.83. The molecule has 0 aliphatic carbocycles. The van der Waals surface area contributed by atoms with Crippen LogP contribution in [0.4, 0.5) is 0 Å². The summed E-state index contributed by atoms with van der Waals surface area (Å²) >= 11 is 4.68. The Hall–Kier alpha value is -1.40. The molecular formula is C12H9BrN2O2S. The van der Waals surface area contributed by atoms with E-state index < -0.39 is 5.97 Å². The van der Waals surface area contributed by atoms with Gasteiger partial charge < -0.3 is 5.11 Å². The zero-order valence-electron chi connectivity index (χ0n) is 9.21. The standard InChI is InChI=1S/C12H9BrN2O2S/c13-9-6-14-10(15-11(9)12(16)17)7-18-8-4-2-1-3-5-8/h1-6H,7H2,(H,16,17). The molecule has 0 radical (unpaired) electrons. The second-order valence-corrected chi connectivity index (χ2v) is 5.29. The van der Waals surface area contributed by atoms with E-state index in [4.69, 9.17) is 5.11 Å². The summed E-state index contributed by atoms with van der Waals surface area (Å²) in [4.78, 5) is 20.1. The minimum absolute atomic E-state index is 0.00587. The van der Waals surface area contributed by atoms with E-state index in [1.807, 2.05) is 30.3 Å². The molecule has 18 heavy (non-hydrogen) atoms. The Labute approximate surface area is 117 Å². The quantitative estimate of drug-likeness (QED) is 0.875. The Morgan fingerprint density at radius 3 is 2.72 bits per heavy atom. The molecule has 1 aromatic heterocycles.